The minimum absolute atomic E-state index is 0.103. The number of methoxy groups -OCH3 is 1. The minimum Gasteiger partial charge on any atom is -0.370 e. The molecule has 1 aliphatic rings. The van der Waals surface area contributed by atoms with Crippen LogP contribution in [0, 0.1) is 0 Å². The Kier molecular flexibility index (Phi) is 4.96. The van der Waals surface area contributed by atoms with Crippen LogP contribution in [-0.2, 0) is 9.53 Å². The van der Waals surface area contributed by atoms with Crippen LogP contribution >= 0.6 is 26.7 Å². The highest BCUT2D eigenvalue weighted by Crippen LogP contribution is 2.63. The summed E-state index contributed by atoms with van der Waals surface area (Å²) < 4.78 is 28.6. The quantitative estimate of drug-likeness (QED) is 0.749. The molecule has 2 atom stereocenters. The highest BCUT2D eigenvalue weighted by molar-refractivity contribution is 9.10. The Morgan fingerprint density at radius 3 is 2.81 bits per heavy atom. The number of ether oxygens (including phenoxy) is 1. The summed E-state index contributed by atoms with van der Waals surface area (Å²) in [4.78, 5) is 12.3. The number of hydrogen-bond acceptors (Lipinski definition) is 5. The van der Waals surface area contributed by atoms with Gasteiger partial charge in [0.1, 0.15) is 6.10 Å². The van der Waals surface area contributed by atoms with Gasteiger partial charge in [0.2, 0.25) is 5.91 Å². The number of amides is 1. The van der Waals surface area contributed by atoms with E-state index < -0.39 is 16.9 Å². The molecule has 0 spiro atoms. The lowest BCUT2D eigenvalue weighted by atomic mass is 10.1. The summed E-state index contributed by atoms with van der Waals surface area (Å²) in [5, 5.41) is 2.51. The number of nitrogens with zero attached hydrogens (tertiary/aromatic N) is 1. The molecule has 8 heteroatoms. The zero-order valence-corrected chi connectivity index (χ0v) is 14.4. The van der Waals surface area contributed by atoms with Gasteiger partial charge in [0.25, 0.3) is 0 Å². The van der Waals surface area contributed by atoms with Gasteiger partial charge in [0, 0.05) is 18.6 Å². The lowest BCUT2D eigenvalue weighted by Gasteiger charge is -2.40. The van der Waals surface area contributed by atoms with Gasteiger partial charge in [-0.2, -0.15) is 4.31 Å². The molecule has 118 valence electrons. The molecule has 0 aromatic heterocycles. The summed E-state index contributed by atoms with van der Waals surface area (Å²) in [5.74, 6) is -0.294. The fourth-order valence-electron chi connectivity index (χ4n) is 2.45. The topological polar surface area (TPSA) is 82.0 Å². The molecule has 1 aromatic rings. The van der Waals surface area contributed by atoms with Crippen LogP contribution in [0.25, 0.3) is 0 Å². The van der Waals surface area contributed by atoms with Crippen molar-refractivity contribution in [3.8, 4) is 0 Å². The van der Waals surface area contributed by atoms with Gasteiger partial charge in [-0.15, -0.1) is 10.8 Å². The molecule has 2 unspecified atom stereocenters. The van der Waals surface area contributed by atoms with Crippen molar-refractivity contribution in [1.82, 2.24) is 9.62 Å². The second-order valence-electron chi connectivity index (χ2n) is 4.82. The molecule has 0 saturated heterocycles. The predicted molar refractivity (Wildman–Crippen MR) is 85.2 cm³/mol. The third-order valence-corrected chi connectivity index (χ3v) is 6.22. The molecule has 0 aliphatic carbocycles. The molecular formula is C13H19BrN2O4S. The smallest absolute Gasteiger partial charge is 0.250 e. The number of halogens is 1. The summed E-state index contributed by atoms with van der Waals surface area (Å²) in [6.45, 7) is 1.98. The van der Waals surface area contributed by atoms with Crippen LogP contribution in [0.15, 0.2) is 27.6 Å². The fraction of sp³-hybridized carbons (Fsp3) is 0.462. The van der Waals surface area contributed by atoms with Gasteiger partial charge in [-0.3, -0.25) is 13.9 Å². The largest absolute Gasteiger partial charge is 0.370 e. The molecule has 0 radical (unpaired) electrons. The molecule has 1 aliphatic heterocycles. The molecule has 3 N–H and O–H groups in total. The summed E-state index contributed by atoms with van der Waals surface area (Å²) >= 11 is 3.39. The molecule has 1 aromatic carbocycles. The SMILES string of the molecule is CNC(=O)C(CN1C(C)c2cc(Br)ccc2S1(O)O)OC. The number of carbonyl (C=O) groups is 1. The monoisotopic (exact) mass is 378 g/mol. The Bertz CT molecular complexity index is 555. The number of rotatable bonds is 4. The molecule has 1 amide bonds. The van der Waals surface area contributed by atoms with Crippen molar-refractivity contribution in [3.05, 3.63) is 28.2 Å². The van der Waals surface area contributed by atoms with Crippen molar-refractivity contribution in [2.45, 2.75) is 24.0 Å². The van der Waals surface area contributed by atoms with E-state index in [4.69, 9.17) is 4.74 Å². The number of fused-ring (bicyclic) bond motifs is 1. The van der Waals surface area contributed by atoms with E-state index in [2.05, 4.69) is 21.2 Å². The van der Waals surface area contributed by atoms with E-state index in [0.29, 0.717) is 4.90 Å². The van der Waals surface area contributed by atoms with Crippen LogP contribution in [0.2, 0.25) is 0 Å². The average molecular weight is 379 g/mol. The first kappa shape index (κ1) is 16.7. The van der Waals surface area contributed by atoms with Crippen LogP contribution in [0.1, 0.15) is 18.5 Å². The molecule has 0 fully saturated rings. The normalized spacial score (nSPS) is 23.4. The van der Waals surface area contributed by atoms with Gasteiger partial charge in [-0.25, -0.2) is 0 Å². The zero-order chi connectivity index (χ0) is 15.8. The van der Waals surface area contributed by atoms with E-state index >= 15 is 0 Å². The molecule has 21 heavy (non-hydrogen) atoms. The summed E-state index contributed by atoms with van der Waals surface area (Å²) in [7, 11) is -0.161. The number of carbonyl (C=O) groups excluding carboxylic acids is 1. The van der Waals surface area contributed by atoms with Gasteiger partial charge < -0.3 is 10.1 Å². The number of likely N-dealkylation sites (N-methyl/N-ethyl adjacent to an activating group) is 1. The van der Waals surface area contributed by atoms with Crippen LogP contribution in [-0.4, -0.2) is 46.1 Å². The second kappa shape index (κ2) is 6.23. The van der Waals surface area contributed by atoms with Crippen molar-refractivity contribution in [1.29, 1.82) is 0 Å². The first-order valence-electron chi connectivity index (χ1n) is 6.41. The highest BCUT2D eigenvalue weighted by Gasteiger charge is 2.42. The van der Waals surface area contributed by atoms with Crippen LogP contribution < -0.4 is 5.32 Å². The number of hydrogen-bond donors (Lipinski definition) is 3. The molecule has 6 nitrogen and oxygen atoms in total. The van der Waals surface area contributed by atoms with Crippen molar-refractivity contribution in [2.75, 3.05) is 20.7 Å². The van der Waals surface area contributed by atoms with E-state index in [9.17, 15) is 13.9 Å². The van der Waals surface area contributed by atoms with Crippen molar-refractivity contribution in [3.63, 3.8) is 0 Å². The van der Waals surface area contributed by atoms with Crippen molar-refractivity contribution in [2.24, 2.45) is 0 Å². The van der Waals surface area contributed by atoms with Gasteiger partial charge in [0.05, 0.1) is 17.5 Å². The Balaban J connectivity index is 2.32. The minimum atomic E-state index is -3.11. The Labute approximate surface area is 134 Å². The predicted octanol–water partition coefficient (Wildman–Crippen LogP) is 2.61. The maximum Gasteiger partial charge on any atom is 0.250 e. The Morgan fingerprint density at radius 1 is 1.57 bits per heavy atom. The van der Waals surface area contributed by atoms with E-state index in [1.165, 1.54) is 18.5 Å². The van der Waals surface area contributed by atoms with Crippen molar-refractivity contribution >= 4 is 32.6 Å². The first-order valence-corrected chi connectivity index (χ1v) is 8.71. The molecule has 1 heterocycles. The molecule has 0 saturated carbocycles. The maximum absolute atomic E-state index is 11.8. The molecule has 2 rings (SSSR count). The molecular weight excluding hydrogens is 360 g/mol. The van der Waals surface area contributed by atoms with Gasteiger partial charge in [-0.1, -0.05) is 15.9 Å². The summed E-state index contributed by atoms with van der Waals surface area (Å²) in [5.41, 5.74) is 0.844. The third kappa shape index (κ3) is 2.96. The van der Waals surface area contributed by atoms with Gasteiger partial charge in [0.15, 0.2) is 0 Å². The fourth-order valence-corrected chi connectivity index (χ4v) is 4.77. The lowest BCUT2D eigenvalue weighted by Crippen LogP contribution is -2.42. The zero-order valence-electron chi connectivity index (χ0n) is 12.0. The lowest BCUT2D eigenvalue weighted by molar-refractivity contribution is -0.131. The van der Waals surface area contributed by atoms with Gasteiger partial charge in [-0.05, 0) is 30.7 Å². The van der Waals surface area contributed by atoms with Crippen LogP contribution in [0.4, 0.5) is 0 Å². The van der Waals surface area contributed by atoms with Crippen LogP contribution in [0.3, 0.4) is 0 Å². The van der Waals surface area contributed by atoms with E-state index in [1.54, 1.807) is 12.1 Å². The van der Waals surface area contributed by atoms with E-state index in [0.717, 1.165) is 10.0 Å². The average Bonchev–Trinajstić information content (AvgIpc) is 2.63. The summed E-state index contributed by atoms with van der Waals surface area (Å²) in [6.07, 6.45) is -0.763. The summed E-state index contributed by atoms with van der Waals surface area (Å²) in [6, 6.07) is 5.13. The number of benzene rings is 1. The van der Waals surface area contributed by atoms with Crippen molar-refractivity contribution < 1.29 is 18.6 Å². The van der Waals surface area contributed by atoms with E-state index in [1.807, 2.05) is 13.0 Å². The Morgan fingerprint density at radius 2 is 2.24 bits per heavy atom. The maximum atomic E-state index is 11.8. The first-order chi connectivity index (χ1) is 9.82. The number of nitrogens with one attached hydrogen (secondary N) is 1. The highest BCUT2D eigenvalue weighted by atomic mass is 79.9. The second-order valence-corrected chi connectivity index (χ2v) is 7.68. The van der Waals surface area contributed by atoms with Crippen LogP contribution in [0.5, 0.6) is 0 Å². The van der Waals surface area contributed by atoms with Gasteiger partial charge >= 0.3 is 0 Å². The van der Waals surface area contributed by atoms with E-state index in [-0.39, 0.29) is 18.5 Å². The Hall–Kier alpha value is -0.640. The standard InChI is InChI=1S/C13H19BrN2O4S/c1-8-10-6-9(14)4-5-12(10)21(18,19)16(8)7-11(20-3)13(17)15-2/h4-6,8,11,18-19H,7H2,1-3H3,(H,15,17). The molecule has 0 bridgehead atoms. The third-order valence-electron chi connectivity index (χ3n) is 3.65.